The molecule has 2 fully saturated rings. The van der Waals surface area contributed by atoms with Crippen LogP contribution in [0.4, 0.5) is 0 Å². The van der Waals surface area contributed by atoms with Gasteiger partial charge in [-0.1, -0.05) is 25.1 Å². The minimum Gasteiger partial charge on any atom is -0.310 e. The second kappa shape index (κ2) is 4.35. The van der Waals surface area contributed by atoms with E-state index in [2.05, 4.69) is 12.2 Å². The van der Waals surface area contributed by atoms with E-state index in [1.807, 2.05) is 18.2 Å². The zero-order valence-electron chi connectivity index (χ0n) is 10.6. The highest BCUT2D eigenvalue weighted by atomic mass is 32.2. The Morgan fingerprint density at radius 2 is 1.89 bits per heavy atom. The van der Waals surface area contributed by atoms with Crippen LogP contribution >= 0.6 is 0 Å². The molecule has 0 bridgehead atoms. The molecule has 1 heterocycles. The van der Waals surface area contributed by atoms with E-state index in [1.165, 1.54) is 0 Å². The molecule has 3 rings (SSSR count). The summed E-state index contributed by atoms with van der Waals surface area (Å²) in [5.41, 5.74) is 0.967. The first-order valence-corrected chi connectivity index (χ1v) is 8.21. The van der Waals surface area contributed by atoms with Gasteiger partial charge in [0.25, 0.3) is 0 Å². The lowest BCUT2D eigenvalue weighted by molar-refractivity contribution is 0.494. The molecular formula is C14H19NO2S. The van der Waals surface area contributed by atoms with Gasteiger partial charge in [-0.05, 0) is 43.4 Å². The predicted molar refractivity (Wildman–Crippen MR) is 71.2 cm³/mol. The minimum absolute atomic E-state index is 0.129. The van der Waals surface area contributed by atoms with Crippen LogP contribution in [-0.2, 0) is 9.84 Å². The lowest BCUT2D eigenvalue weighted by Crippen LogP contribution is -2.20. The summed E-state index contributed by atoms with van der Waals surface area (Å²) in [7, 11) is -3.10. The Bertz CT molecular complexity index is 549. The van der Waals surface area contributed by atoms with Crippen LogP contribution < -0.4 is 5.32 Å². The van der Waals surface area contributed by atoms with Gasteiger partial charge in [-0.3, -0.25) is 0 Å². The van der Waals surface area contributed by atoms with Crippen LogP contribution in [0.15, 0.2) is 29.2 Å². The van der Waals surface area contributed by atoms with E-state index < -0.39 is 9.84 Å². The molecule has 18 heavy (non-hydrogen) atoms. The first-order chi connectivity index (χ1) is 8.60. The van der Waals surface area contributed by atoms with Crippen LogP contribution in [0.2, 0.25) is 0 Å². The number of benzene rings is 1. The van der Waals surface area contributed by atoms with Crippen molar-refractivity contribution >= 4 is 9.84 Å². The molecule has 2 atom stereocenters. The first-order valence-electron chi connectivity index (χ1n) is 6.67. The van der Waals surface area contributed by atoms with E-state index in [0.717, 1.165) is 31.4 Å². The SMILES string of the molecule is C[C@@H]1CCN[C@@H]1c1ccccc1S(=O)(=O)C1CC1. The predicted octanol–water partition coefficient (Wildman–Crippen LogP) is 2.29. The van der Waals surface area contributed by atoms with Gasteiger partial charge in [-0.2, -0.15) is 0 Å². The summed E-state index contributed by atoms with van der Waals surface area (Å²) in [6.07, 6.45) is 2.76. The van der Waals surface area contributed by atoms with Crippen LogP contribution in [-0.4, -0.2) is 20.2 Å². The molecule has 2 aliphatic rings. The molecule has 1 aliphatic heterocycles. The molecule has 0 amide bonds. The summed E-state index contributed by atoms with van der Waals surface area (Å²) >= 11 is 0. The van der Waals surface area contributed by atoms with Crippen molar-refractivity contribution in [2.45, 2.75) is 42.4 Å². The number of nitrogens with one attached hydrogen (secondary N) is 1. The zero-order valence-corrected chi connectivity index (χ0v) is 11.4. The molecule has 1 N–H and O–H groups in total. The number of rotatable bonds is 3. The van der Waals surface area contributed by atoms with E-state index >= 15 is 0 Å². The number of sulfone groups is 1. The van der Waals surface area contributed by atoms with Crippen molar-refractivity contribution < 1.29 is 8.42 Å². The topological polar surface area (TPSA) is 46.2 Å². The molecular weight excluding hydrogens is 246 g/mol. The van der Waals surface area contributed by atoms with Gasteiger partial charge >= 0.3 is 0 Å². The van der Waals surface area contributed by atoms with Crippen molar-refractivity contribution in [2.24, 2.45) is 5.92 Å². The Hall–Kier alpha value is -0.870. The smallest absolute Gasteiger partial charge is 0.181 e. The quantitative estimate of drug-likeness (QED) is 0.912. The molecule has 1 saturated carbocycles. The average Bonchev–Trinajstić information content (AvgIpc) is 3.13. The molecule has 4 heteroatoms. The third-order valence-corrected chi connectivity index (χ3v) is 6.39. The summed E-state index contributed by atoms with van der Waals surface area (Å²) in [4.78, 5) is 0.554. The fourth-order valence-electron chi connectivity index (χ4n) is 2.81. The summed E-state index contributed by atoms with van der Waals surface area (Å²) in [5, 5.41) is 3.30. The molecule has 1 aromatic carbocycles. The zero-order chi connectivity index (χ0) is 12.8. The Labute approximate surface area is 109 Å². The first kappa shape index (κ1) is 12.2. The fourth-order valence-corrected chi connectivity index (χ4v) is 4.71. The maximum absolute atomic E-state index is 12.5. The van der Waals surface area contributed by atoms with Crippen molar-refractivity contribution in [1.29, 1.82) is 0 Å². The van der Waals surface area contributed by atoms with E-state index in [0.29, 0.717) is 10.8 Å². The van der Waals surface area contributed by atoms with Gasteiger partial charge < -0.3 is 5.32 Å². The molecule has 3 nitrogen and oxygen atoms in total. The minimum atomic E-state index is -3.10. The van der Waals surface area contributed by atoms with Crippen molar-refractivity contribution in [1.82, 2.24) is 5.32 Å². The van der Waals surface area contributed by atoms with E-state index in [1.54, 1.807) is 6.07 Å². The van der Waals surface area contributed by atoms with Crippen molar-refractivity contribution in [3.05, 3.63) is 29.8 Å². The molecule has 1 saturated heterocycles. The second-order valence-corrected chi connectivity index (χ2v) is 7.68. The van der Waals surface area contributed by atoms with Gasteiger partial charge in [0.2, 0.25) is 0 Å². The molecule has 0 aromatic heterocycles. The molecule has 0 spiro atoms. The third kappa shape index (κ3) is 1.97. The lowest BCUT2D eigenvalue weighted by atomic mass is 9.96. The molecule has 1 aromatic rings. The van der Waals surface area contributed by atoms with Crippen molar-refractivity contribution in [3.8, 4) is 0 Å². The monoisotopic (exact) mass is 265 g/mol. The Morgan fingerprint density at radius 1 is 1.17 bits per heavy atom. The molecule has 98 valence electrons. The highest BCUT2D eigenvalue weighted by molar-refractivity contribution is 7.92. The van der Waals surface area contributed by atoms with E-state index in [-0.39, 0.29) is 11.3 Å². The summed E-state index contributed by atoms with van der Waals surface area (Å²) < 4.78 is 24.9. The Balaban J connectivity index is 2.05. The van der Waals surface area contributed by atoms with Gasteiger partial charge in [0, 0.05) is 6.04 Å². The Kier molecular flexibility index (Phi) is 2.94. The molecule has 0 unspecified atom stereocenters. The maximum atomic E-state index is 12.5. The van der Waals surface area contributed by atoms with Gasteiger partial charge in [-0.25, -0.2) is 8.42 Å². The average molecular weight is 265 g/mol. The van der Waals surface area contributed by atoms with Gasteiger partial charge in [0.05, 0.1) is 10.1 Å². The van der Waals surface area contributed by atoms with Crippen molar-refractivity contribution in [3.63, 3.8) is 0 Å². The standard InChI is InChI=1S/C14H19NO2S/c1-10-8-9-15-14(10)12-4-2-3-5-13(12)18(16,17)11-6-7-11/h2-5,10-11,14-15H,6-9H2,1H3/t10-,14+/m1/s1. The molecule has 1 aliphatic carbocycles. The van der Waals surface area contributed by atoms with Gasteiger partial charge in [0.1, 0.15) is 0 Å². The van der Waals surface area contributed by atoms with Crippen molar-refractivity contribution in [2.75, 3.05) is 6.54 Å². The van der Waals surface area contributed by atoms with E-state index in [4.69, 9.17) is 0 Å². The number of hydrogen-bond acceptors (Lipinski definition) is 3. The van der Waals surface area contributed by atoms with Crippen LogP contribution in [0.1, 0.15) is 37.8 Å². The normalized spacial score (nSPS) is 28.5. The largest absolute Gasteiger partial charge is 0.310 e. The van der Waals surface area contributed by atoms with E-state index in [9.17, 15) is 8.42 Å². The third-order valence-electron chi connectivity index (χ3n) is 4.06. The molecule has 0 radical (unpaired) electrons. The maximum Gasteiger partial charge on any atom is 0.181 e. The second-order valence-electron chi connectivity index (χ2n) is 5.48. The summed E-state index contributed by atoms with van der Waals surface area (Å²) in [6, 6.07) is 7.70. The lowest BCUT2D eigenvalue weighted by Gasteiger charge is -2.19. The van der Waals surface area contributed by atoms with Gasteiger partial charge in [0.15, 0.2) is 9.84 Å². The van der Waals surface area contributed by atoms with Crippen LogP contribution in [0.5, 0.6) is 0 Å². The summed E-state index contributed by atoms with van der Waals surface area (Å²) in [5.74, 6) is 0.501. The number of hydrogen-bond donors (Lipinski definition) is 1. The van der Waals surface area contributed by atoms with Crippen LogP contribution in [0, 0.1) is 5.92 Å². The highest BCUT2D eigenvalue weighted by Gasteiger charge is 2.39. The highest BCUT2D eigenvalue weighted by Crippen LogP contribution is 2.39. The Morgan fingerprint density at radius 3 is 2.50 bits per heavy atom. The summed E-state index contributed by atoms with van der Waals surface area (Å²) in [6.45, 7) is 3.16. The van der Waals surface area contributed by atoms with Gasteiger partial charge in [-0.15, -0.1) is 0 Å². The van der Waals surface area contributed by atoms with Crippen LogP contribution in [0.25, 0.3) is 0 Å². The fraction of sp³-hybridized carbons (Fsp3) is 0.571. The van der Waals surface area contributed by atoms with Crippen LogP contribution in [0.3, 0.4) is 0 Å².